The Hall–Kier alpha value is -0.430. The van der Waals surface area contributed by atoms with Crippen LogP contribution in [0.5, 0.6) is 0 Å². The molecule has 0 aliphatic rings. The zero-order chi connectivity index (χ0) is 12.5. The van der Waals surface area contributed by atoms with Crippen LogP contribution in [0.25, 0.3) is 0 Å². The molecule has 2 nitrogen and oxygen atoms in total. The summed E-state index contributed by atoms with van der Waals surface area (Å²) < 4.78 is 0. The second-order valence-corrected chi connectivity index (χ2v) is 7.17. The molecule has 0 saturated heterocycles. The summed E-state index contributed by atoms with van der Waals surface area (Å²) in [5.41, 5.74) is 3.57. The second kappa shape index (κ2) is 5.27. The molecular weight excluding hydrogens is 219 g/mol. The summed E-state index contributed by atoms with van der Waals surface area (Å²) in [4.78, 5) is 0. The van der Waals surface area contributed by atoms with Crippen molar-refractivity contribution in [2.75, 3.05) is 0 Å². The molecule has 0 aliphatic carbocycles. The fourth-order valence-corrected chi connectivity index (χ4v) is 4.58. The highest BCUT2D eigenvalue weighted by molar-refractivity contribution is 7.66. The van der Waals surface area contributed by atoms with E-state index >= 15 is 0 Å². The third-order valence-corrected chi connectivity index (χ3v) is 5.53. The largest absolute Gasteiger partial charge is 0.388 e. The molecule has 1 aromatic rings. The van der Waals surface area contributed by atoms with Crippen LogP contribution >= 0.6 is 7.92 Å². The van der Waals surface area contributed by atoms with Crippen molar-refractivity contribution in [2.45, 2.75) is 46.3 Å². The van der Waals surface area contributed by atoms with Crippen LogP contribution in [0, 0.1) is 20.8 Å². The summed E-state index contributed by atoms with van der Waals surface area (Å²) in [6.45, 7) is 9.69. The van der Waals surface area contributed by atoms with E-state index in [2.05, 4.69) is 32.9 Å². The molecule has 0 saturated carbocycles. The molecule has 16 heavy (non-hydrogen) atoms. The molecule has 0 aromatic heterocycles. The van der Waals surface area contributed by atoms with Crippen LogP contribution in [0.4, 0.5) is 0 Å². The van der Waals surface area contributed by atoms with Gasteiger partial charge in [0.05, 0.1) is 11.7 Å². The number of hydrogen-bond donors (Lipinski definition) is 2. The van der Waals surface area contributed by atoms with Crippen molar-refractivity contribution in [3.63, 3.8) is 0 Å². The Labute approximate surface area is 99.1 Å². The fourth-order valence-electron chi connectivity index (χ4n) is 2.27. The molecule has 90 valence electrons. The fraction of sp³-hybridized carbons (Fsp3) is 0.538. The maximum absolute atomic E-state index is 9.82. The molecule has 3 heteroatoms. The summed E-state index contributed by atoms with van der Waals surface area (Å²) in [5, 5.41) is 20.8. The van der Waals surface area contributed by atoms with Crippen molar-refractivity contribution in [3.05, 3.63) is 28.8 Å². The average molecular weight is 240 g/mol. The Morgan fingerprint density at radius 2 is 1.31 bits per heavy atom. The normalized spacial score (nSPS) is 16.9. The van der Waals surface area contributed by atoms with Gasteiger partial charge in [0, 0.05) is 0 Å². The van der Waals surface area contributed by atoms with E-state index in [1.807, 2.05) is 0 Å². The predicted octanol–water partition coefficient (Wildman–Crippen LogP) is 2.40. The van der Waals surface area contributed by atoms with Gasteiger partial charge in [0.25, 0.3) is 0 Å². The van der Waals surface area contributed by atoms with E-state index in [-0.39, 0.29) is 0 Å². The minimum Gasteiger partial charge on any atom is -0.388 e. The molecule has 2 atom stereocenters. The van der Waals surface area contributed by atoms with Crippen molar-refractivity contribution in [1.82, 2.24) is 0 Å². The highest BCUT2D eigenvalue weighted by Crippen LogP contribution is 2.44. The first-order valence-corrected chi connectivity index (χ1v) is 7.05. The van der Waals surface area contributed by atoms with Crippen LogP contribution in [-0.2, 0) is 0 Å². The summed E-state index contributed by atoms with van der Waals surface area (Å²) in [7, 11) is -0.917. The number of benzene rings is 1. The highest BCUT2D eigenvalue weighted by atomic mass is 31.1. The first-order chi connectivity index (χ1) is 7.34. The van der Waals surface area contributed by atoms with Crippen LogP contribution < -0.4 is 5.30 Å². The number of aliphatic hydroxyl groups excluding tert-OH is 2. The minimum atomic E-state index is -0.917. The van der Waals surface area contributed by atoms with Crippen molar-refractivity contribution >= 4 is 13.2 Å². The molecule has 1 aromatic carbocycles. The molecule has 0 radical (unpaired) electrons. The zero-order valence-electron chi connectivity index (χ0n) is 10.7. The Balaban J connectivity index is 3.29. The van der Waals surface area contributed by atoms with Crippen LogP contribution in [0.2, 0.25) is 0 Å². The van der Waals surface area contributed by atoms with Crippen molar-refractivity contribution in [1.29, 1.82) is 0 Å². The van der Waals surface area contributed by atoms with Gasteiger partial charge in [-0.1, -0.05) is 17.7 Å². The van der Waals surface area contributed by atoms with E-state index in [0.29, 0.717) is 0 Å². The van der Waals surface area contributed by atoms with Crippen LogP contribution in [0.1, 0.15) is 30.5 Å². The van der Waals surface area contributed by atoms with Crippen molar-refractivity contribution in [3.8, 4) is 0 Å². The van der Waals surface area contributed by atoms with Gasteiger partial charge < -0.3 is 10.2 Å². The van der Waals surface area contributed by atoms with E-state index in [9.17, 15) is 10.2 Å². The van der Waals surface area contributed by atoms with Gasteiger partial charge in [-0.3, -0.25) is 0 Å². The molecule has 1 rings (SSSR count). The summed E-state index contributed by atoms with van der Waals surface area (Å²) >= 11 is 0. The number of hydrogen-bond acceptors (Lipinski definition) is 2. The van der Waals surface area contributed by atoms with Gasteiger partial charge >= 0.3 is 0 Å². The van der Waals surface area contributed by atoms with Gasteiger partial charge in [0.15, 0.2) is 0 Å². The monoisotopic (exact) mass is 240 g/mol. The van der Waals surface area contributed by atoms with Gasteiger partial charge in [-0.15, -0.1) is 0 Å². The molecule has 0 bridgehead atoms. The first-order valence-electron chi connectivity index (χ1n) is 5.57. The molecule has 2 unspecified atom stereocenters. The first kappa shape index (κ1) is 13.6. The lowest BCUT2D eigenvalue weighted by atomic mass is 10.1. The molecule has 0 spiro atoms. The van der Waals surface area contributed by atoms with E-state index < -0.39 is 19.6 Å². The number of aryl methyl sites for hydroxylation is 3. The molecule has 0 fully saturated rings. The lowest BCUT2D eigenvalue weighted by Gasteiger charge is -2.27. The minimum absolute atomic E-state index is 0.477. The van der Waals surface area contributed by atoms with Crippen molar-refractivity contribution < 1.29 is 10.2 Å². The Morgan fingerprint density at radius 3 is 1.62 bits per heavy atom. The van der Waals surface area contributed by atoms with E-state index in [1.54, 1.807) is 13.8 Å². The quantitative estimate of drug-likeness (QED) is 0.796. The summed E-state index contributed by atoms with van der Waals surface area (Å²) in [6, 6.07) is 4.23. The van der Waals surface area contributed by atoms with Gasteiger partial charge in [0.1, 0.15) is 0 Å². The van der Waals surface area contributed by atoms with Gasteiger partial charge in [-0.2, -0.15) is 0 Å². The van der Waals surface area contributed by atoms with Gasteiger partial charge in [-0.25, -0.2) is 0 Å². The predicted molar refractivity (Wildman–Crippen MR) is 70.6 cm³/mol. The molecule has 0 aliphatic heterocycles. The average Bonchev–Trinajstić information content (AvgIpc) is 2.09. The molecule has 2 N–H and O–H groups in total. The molecular formula is C13H21O2P. The van der Waals surface area contributed by atoms with Gasteiger partial charge in [-0.05, 0) is 59.0 Å². The SMILES string of the molecule is Cc1cc(C)c(P(C(C)O)C(C)O)c(C)c1. The third kappa shape index (κ3) is 2.82. The van der Waals surface area contributed by atoms with E-state index in [4.69, 9.17) is 0 Å². The second-order valence-electron chi connectivity index (χ2n) is 4.42. The topological polar surface area (TPSA) is 40.5 Å². The number of rotatable bonds is 3. The van der Waals surface area contributed by atoms with Gasteiger partial charge in [0.2, 0.25) is 0 Å². The maximum atomic E-state index is 9.82. The summed E-state index contributed by atoms with van der Waals surface area (Å²) in [6.07, 6.45) is 0. The van der Waals surface area contributed by atoms with Crippen LogP contribution in [0.3, 0.4) is 0 Å². The van der Waals surface area contributed by atoms with Crippen LogP contribution in [-0.4, -0.2) is 21.9 Å². The molecule has 0 heterocycles. The third-order valence-electron chi connectivity index (χ3n) is 2.70. The summed E-state index contributed by atoms with van der Waals surface area (Å²) in [5.74, 6) is -0.954. The Bertz CT molecular complexity index is 341. The Morgan fingerprint density at radius 1 is 0.938 bits per heavy atom. The van der Waals surface area contributed by atoms with E-state index in [0.717, 1.165) is 5.30 Å². The molecule has 0 amide bonds. The number of aliphatic hydroxyl groups is 2. The van der Waals surface area contributed by atoms with E-state index in [1.165, 1.54) is 16.7 Å². The highest BCUT2D eigenvalue weighted by Gasteiger charge is 2.25. The maximum Gasteiger partial charge on any atom is 0.0769 e. The zero-order valence-corrected chi connectivity index (χ0v) is 11.5. The van der Waals surface area contributed by atoms with Crippen LogP contribution in [0.15, 0.2) is 12.1 Å². The Kier molecular flexibility index (Phi) is 4.49. The standard InChI is InChI=1S/C13H21O2P/c1-8-6-9(2)13(10(3)7-8)16(11(4)14)12(5)15/h6-7,11-12,14-15H,1-5H3. The van der Waals surface area contributed by atoms with Crippen molar-refractivity contribution in [2.24, 2.45) is 0 Å². The lowest BCUT2D eigenvalue weighted by molar-refractivity contribution is 0.246. The smallest absolute Gasteiger partial charge is 0.0769 e. The lowest BCUT2D eigenvalue weighted by Crippen LogP contribution is -2.22.